The fourth-order valence-electron chi connectivity index (χ4n) is 1.11. The van der Waals surface area contributed by atoms with Crippen LogP contribution in [0.4, 0.5) is 5.69 Å². The largest absolute Gasteiger partial charge is 0.366 e. The van der Waals surface area contributed by atoms with E-state index in [1.165, 1.54) is 0 Å². The predicted octanol–water partition coefficient (Wildman–Crippen LogP) is 1.10. The lowest BCUT2D eigenvalue weighted by Crippen LogP contribution is -2.49. The molecular weight excluding hydrogens is 236 g/mol. The Morgan fingerprint density at radius 1 is 1.67 bits per heavy atom. The van der Waals surface area contributed by atoms with Crippen molar-refractivity contribution >= 4 is 35.3 Å². The highest BCUT2D eigenvalue weighted by Gasteiger charge is 2.18. The number of carbonyl (C=O) groups excluding carboxylic acids is 1. The maximum atomic E-state index is 11.3. The van der Waals surface area contributed by atoms with Crippen LogP contribution < -0.4 is 10.6 Å². The molecule has 2 rings (SSSR count). The van der Waals surface area contributed by atoms with Crippen LogP contribution in [-0.4, -0.2) is 31.7 Å². The highest BCUT2D eigenvalue weighted by molar-refractivity contribution is 7.08. The molecule has 4 nitrogen and oxygen atoms in total. The molecule has 15 heavy (non-hydrogen) atoms. The minimum Gasteiger partial charge on any atom is -0.366 e. The van der Waals surface area contributed by atoms with Crippen molar-refractivity contribution < 1.29 is 9.53 Å². The highest BCUT2D eigenvalue weighted by atomic mass is 35.5. The molecule has 1 aromatic heterocycles. The third kappa shape index (κ3) is 3.79. The van der Waals surface area contributed by atoms with Gasteiger partial charge in [0.2, 0.25) is 5.91 Å². The molecule has 0 saturated carbocycles. The minimum atomic E-state index is -0.0877. The number of hydrogen-bond acceptors (Lipinski definition) is 4. The molecule has 0 aliphatic carbocycles. The first-order valence-corrected chi connectivity index (χ1v) is 5.43. The van der Waals surface area contributed by atoms with Crippen LogP contribution in [0.2, 0.25) is 0 Å². The predicted molar refractivity (Wildman–Crippen MR) is 62.8 cm³/mol. The number of halogens is 1. The number of nitrogens with one attached hydrogen (secondary N) is 2. The summed E-state index contributed by atoms with van der Waals surface area (Å²) in [5.74, 6) is -0.0877. The fraction of sp³-hybridized carbons (Fsp3) is 0.444. The summed E-state index contributed by atoms with van der Waals surface area (Å²) >= 11 is 1.56. The van der Waals surface area contributed by atoms with Gasteiger partial charge in [-0.2, -0.15) is 11.3 Å². The van der Waals surface area contributed by atoms with Crippen LogP contribution in [0, 0.1) is 0 Å². The Morgan fingerprint density at radius 3 is 3.00 bits per heavy atom. The zero-order valence-electron chi connectivity index (χ0n) is 8.06. The molecule has 1 aliphatic heterocycles. The van der Waals surface area contributed by atoms with Crippen molar-refractivity contribution in [1.82, 2.24) is 5.32 Å². The quantitative estimate of drug-likeness (QED) is 0.839. The number of anilines is 1. The van der Waals surface area contributed by atoms with E-state index in [-0.39, 0.29) is 31.0 Å². The van der Waals surface area contributed by atoms with Gasteiger partial charge in [-0.05, 0) is 11.4 Å². The maximum absolute atomic E-state index is 11.3. The third-order valence-electron chi connectivity index (χ3n) is 2.00. The van der Waals surface area contributed by atoms with E-state index in [0.717, 1.165) is 18.8 Å². The first-order valence-electron chi connectivity index (χ1n) is 4.49. The van der Waals surface area contributed by atoms with Gasteiger partial charge in [0.25, 0.3) is 0 Å². The SMILES string of the molecule is Cl.O=C(COC1CNC1)Nc1ccsc1. The molecule has 1 aromatic rings. The molecule has 2 N–H and O–H groups in total. The Morgan fingerprint density at radius 2 is 2.47 bits per heavy atom. The molecule has 1 saturated heterocycles. The lowest BCUT2D eigenvalue weighted by molar-refractivity contribution is -0.123. The van der Waals surface area contributed by atoms with Crippen LogP contribution >= 0.6 is 23.7 Å². The Labute approximate surface area is 98.4 Å². The summed E-state index contributed by atoms with van der Waals surface area (Å²) in [5, 5.41) is 9.64. The standard InChI is InChI=1S/C9H12N2O2S.ClH/c12-9(5-13-8-3-10-4-8)11-7-1-2-14-6-7;/h1-2,6,8,10H,3-5H2,(H,11,12);1H. The molecule has 84 valence electrons. The highest BCUT2D eigenvalue weighted by Crippen LogP contribution is 2.11. The monoisotopic (exact) mass is 248 g/mol. The number of rotatable bonds is 4. The second kappa shape index (κ2) is 6.07. The van der Waals surface area contributed by atoms with E-state index in [0.29, 0.717) is 0 Å². The first-order chi connectivity index (χ1) is 6.84. The number of thiophene rings is 1. The lowest BCUT2D eigenvalue weighted by Gasteiger charge is -2.26. The zero-order valence-corrected chi connectivity index (χ0v) is 9.70. The molecule has 2 heterocycles. The molecule has 1 fully saturated rings. The lowest BCUT2D eigenvalue weighted by atomic mass is 10.2. The average molecular weight is 249 g/mol. The van der Waals surface area contributed by atoms with Crippen LogP contribution in [0.25, 0.3) is 0 Å². The molecule has 0 radical (unpaired) electrons. The topological polar surface area (TPSA) is 50.4 Å². The summed E-state index contributed by atoms with van der Waals surface area (Å²) in [4.78, 5) is 11.3. The van der Waals surface area contributed by atoms with Crippen molar-refractivity contribution in [1.29, 1.82) is 0 Å². The van der Waals surface area contributed by atoms with Gasteiger partial charge in [-0.3, -0.25) is 4.79 Å². The van der Waals surface area contributed by atoms with Gasteiger partial charge in [0.1, 0.15) is 6.61 Å². The maximum Gasteiger partial charge on any atom is 0.250 e. The van der Waals surface area contributed by atoms with E-state index in [4.69, 9.17) is 4.74 Å². The minimum absolute atomic E-state index is 0. The summed E-state index contributed by atoms with van der Waals surface area (Å²) in [5.41, 5.74) is 0.843. The molecule has 0 aromatic carbocycles. The summed E-state index contributed by atoms with van der Waals surface area (Å²) in [7, 11) is 0. The molecule has 0 unspecified atom stereocenters. The summed E-state index contributed by atoms with van der Waals surface area (Å²) < 4.78 is 5.32. The second-order valence-corrected chi connectivity index (χ2v) is 3.93. The smallest absolute Gasteiger partial charge is 0.250 e. The van der Waals surface area contributed by atoms with Crippen LogP contribution in [0.3, 0.4) is 0 Å². The van der Waals surface area contributed by atoms with Crippen LogP contribution in [0.15, 0.2) is 16.8 Å². The van der Waals surface area contributed by atoms with E-state index >= 15 is 0 Å². The van der Waals surface area contributed by atoms with Crippen molar-refractivity contribution in [2.45, 2.75) is 6.10 Å². The van der Waals surface area contributed by atoms with Crippen LogP contribution in [0.1, 0.15) is 0 Å². The summed E-state index contributed by atoms with van der Waals surface area (Å²) in [6.07, 6.45) is 0.211. The Bertz CT molecular complexity index is 301. The van der Waals surface area contributed by atoms with E-state index in [1.807, 2.05) is 16.8 Å². The van der Waals surface area contributed by atoms with Crippen LogP contribution in [-0.2, 0) is 9.53 Å². The van der Waals surface area contributed by atoms with Gasteiger partial charge in [-0.15, -0.1) is 12.4 Å². The molecule has 0 spiro atoms. The van der Waals surface area contributed by atoms with Gasteiger partial charge in [-0.1, -0.05) is 0 Å². The molecule has 1 amide bonds. The fourth-order valence-corrected chi connectivity index (χ4v) is 1.69. The molecule has 0 bridgehead atoms. The van der Waals surface area contributed by atoms with Gasteiger partial charge in [0.15, 0.2) is 0 Å². The molecule has 6 heteroatoms. The van der Waals surface area contributed by atoms with Gasteiger partial charge < -0.3 is 15.4 Å². The van der Waals surface area contributed by atoms with Gasteiger partial charge in [0, 0.05) is 18.5 Å². The summed E-state index contributed by atoms with van der Waals surface area (Å²) in [6, 6.07) is 1.87. The molecule has 0 atom stereocenters. The number of ether oxygens (including phenoxy) is 1. The van der Waals surface area contributed by atoms with Crippen molar-refractivity contribution in [3.05, 3.63) is 16.8 Å². The summed E-state index contributed by atoms with van der Waals surface area (Å²) in [6.45, 7) is 1.85. The van der Waals surface area contributed by atoms with E-state index in [1.54, 1.807) is 11.3 Å². The Hall–Kier alpha value is -0.620. The van der Waals surface area contributed by atoms with Crippen molar-refractivity contribution in [3.8, 4) is 0 Å². The Balaban J connectivity index is 0.00000112. The van der Waals surface area contributed by atoms with E-state index < -0.39 is 0 Å². The molecular formula is C9H13ClN2O2S. The number of carbonyl (C=O) groups is 1. The average Bonchev–Trinajstić information content (AvgIpc) is 2.54. The van der Waals surface area contributed by atoms with Gasteiger partial charge in [0.05, 0.1) is 11.8 Å². The zero-order chi connectivity index (χ0) is 9.80. The number of amides is 1. The second-order valence-electron chi connectivity index (χ2n) is 3.15. The van der Waals surface area contributed by atoms with Gasteiger partial charge >= 0.3 is 0 Å². The normalized spacial score (nSPS) is 15.2. The first kappa shape index (κ1) is 12.4. The van der Waals surface area contributed by atoms with Crippen molar-refractivity contribution in [3.63, 3.8) is 0 Å². The van der Waals surface area contributed by atoms with Gasteiger partial charge in [-0.25, -0.2) is 0 Å². The van der Waals surface area contributed by atoms with E-state index in [9.17, 15) is 4.79 Å². The Kier molecular flexibility index (Phi) is 5.04. The van der Waals surface area contributed by atoms with E-state index in [2.05, 4.69) is 10.6 Å². The third-order valence-corrected chi connectivity index (χ3v) is 2.68. The molecule has 1 aliphatic rings. The van der Waals surface area contributed by atoms with Crippen molar-refractivity contribution in [2.75, 3.05) is 25.0 Å². The number of hydrogen-bond donors (Lipinski definition) is 2. The van der Waals surface area contributed by atoms with Crippen LogP contribution in [0.5, 0.6) is 0 Å². The van der Waals surface area contributed by atoms with Crippen molar-refractivity contribution in [2.24, 2.45) is 0 Å².